The Balaban J connectivity index is 1.70. The van der Waals surface area contributed by atoms with Gasteiger partial charge in [0.05, 0.1) is 10.6 Å². The summed E-state index contributed by atoms with van der Waals surface area (Å²) in [5.74, 6) is -1.05. The molecule has 27 heavy (non-hydrogen) atoms. The van der Waals surface area contributed by atoms with Crippen LogP contribution in [0, 0.1) is 0 Å². The molecule has 1 heterocycles. The van der Waals surface area contributed by atoms with Crippen LogP contribution in [0.2, 0.25) is 0 Å². The second-order valence-corrected chi connectivity index (χ2v) is 7.12. The van der Waals surface area contributed by atoms with Crippen molar-refractivity contribution >= 4 is 27.5 Å². The first kappa shape index (κ1) is 18.2. The summed E-state index contributed by atoms with van der Waals surface area (Å²) in [4.78, 5) is 23.2. The standard InChI is InChI=1S/C16H14N6O4S/c1-11(23)19-27(25,26)15-8-4-13(5-9-15)18-16(24)12-2-6-14(7-3-12)22-10-17-20-21-22/h2-10H,1H3,(H,18,24)(H,19,23). The lowest BCUT2D eigenvalue weighted by Crippen LogP contribution is -2.28. The minimum absolute atomic E-state index is 0.0820. The van der Waals surface area contributed by atoms with Gasteiger partial charge in [-0.15, -0.1) is 5.10 Å². The van der Waals surface area contributed by atoms with Gasteiger partial charge in [0, 0.05) is 18.2 Å². The van der Waals surface area contributed by atoms with Crippen LogP contribution in [-0.2, 0) is 14.8 Å². The van der Waals surface area contributed by atoms with Gasteiger partial charge in [-0.25, -0.2) is 17.8 Å². The van der Waals surface area contributed by atoms with Gasteiger partial charge >= 0.3 is 0 Å². The van der Waals surface area contributed by atoms with Crippen LogP contribution in [0.15, 0.2) is 59.8 Å². The molecule has 0 radical (unpaired) electrons. The van der Waals surface area contributed by atoms with E-state index in [4.69, 9.17) is 0 Å². The van der Waals surface area contributed by atoms with Gasteiger partial charge in [0.1, 0.15) is 6.33 Å². The molecule has 11 heteroatoms. The van der Waals surface area contributed by atoms with Crippen LogP contribution >= 0.6 is 0 Å². The molecule has 0 bridgehead atoms. The number of aromatic nitrogens is 4. The van der Waals surface area contributed by atoms with Gasteiger partial charge in [0.2, 0.25) is 5.91 Å². The number of hydrogen-bond acceptors (Lipinski definition) is 7. The number of amides is 2. The molecule has 10 nitrogen and oxygen atoms in total. The molecule has 0 fully saturated rings. The predicted molar refractivity (Wildman–Crippen MR) is 94.6 cm³/mol. The third kappa shape index (κ3) is 4.33. The number of anilines is 1. The van der Waals surface area contributed by atoms with E-state index < -0.39 is 15.9 Å². The third-order valence-corrected chi connectivity index (χ3v) is 4.89. The summed E-state index contributed by atoms with van der Waals surface area (Å²) in [7, 11) is -3.91. The first-order valence-electron chi connectivity index (χ1n) is 7.63. The average Bonchev–Trinajstić information content (AvgIpc) is 3.16. The van der Waals surface area contributed by atoms with Crippen LogP contribution in [-0.4, -0.2) is 40.4 Å². The van der Waals surface area contributed by atoms with Gasteiger partial charge < -0.3 is 5.32 Å². The summed E-state index contributed by atoms with van der Waals surface area (Å²) in [6.45, 7) is 1.11. The van der Waals surface area contributed by atoms with E-state index in [9.17, 15) is 18.0 Å². The lowest BCUT2D eigenvalue weighted by atomic mass is 10.2. The second kappa shape index (κ2) is 7.33. The van der Waals surface area contributed by atoms with Gasteiger partial charge in [0.25, 0.3) is 15.9 Å². The van der Waals surface area contributed by atoms with E-state index in [1.165, 1.54) is 35.3 Å². The van der Waals surface area contributed by atoms with E-state index in [0.29, 0.717) is 16.9 Å². The van der Waals surface area contributed by atoms with E-state index in [0.717, 1.165) is 6.92 Å². The van der Waals surface area contributed by atoms with Gasteiger partial charge in [-0.3, -0.25) is 9.59 Å². The van der Waals surface area contributed by atoms with Crippen LogP contribution in [0.1, 0.15) is 17.3 Å². The number of nitrogens with zero attached hydrogens (tertiary/aromatic N) is 4. The molecule has 3 aromatic rings. The molecule has 1 aromatic heterocycles. The van der Waals surface area contributed by atoms with Crippen LogP contribution in [0.3, 0.4) is 0 Å². The molecule has 0 aliphatic heterocycles. The van der Waals surface area contributed by atoms with Gasteiger partial charge in [0.15, 0.2) is 0 Å². The summed E-state index contributed by atoms with van der Waals surface area (Å²) < 4.78 is 27.1. The second-order valence-electron chi connectivity index (χ2n) is 5.44. The molecular weight excluding hydrogens is 372 g/mol. The first-order valence-corrected chi connectivity index (χ1v) is 9.12. The fourth-order valence-corrected chi connectivity index (χ4v) is 3.20. The zero-order chi connectivity index (χ0) is 19.4. The minimum Gasteiger partial charge on any atom is -0.322 e. The fourth-order valence-electron chi connectivity index (χ4n) is 2.21. The van der Waals surface area contributed by atoms with E-state index in [-0.39, 0.29) is 10.8 Å². The number of tetrazole rings is 1. The monoisotopic (exact) mass is 386 g/mol. The van der Waals surface area contributed by atoms with Crippen molar-refractivity contribution in [2.45, 2.75) is 11.8 Å². The molecule has 0 atom stereocenters. The Morgan fingerprint density at radius 2 is 1.67 bits per heavy atom. The Morgan fingerprint density at radius 3 is 2.22 bits per heavy atom. The first-order chi connectivity index (χ1) is 12.8. The molecule has 2 aromatic carbocycles. The zero-order valence-electron chi connectivity index (χ0n) is 14.0. The summed E-state index contributed by atoms with van der Waals surface area (Å²) in [5.41, 5.74) is 1.51. The molecular formula is C16H14N6O4S. The smallest absolute Gasteiger partial charge is 0.264 e. The largest absolute Gasteiger partial charge is 0.322 e. The zero-order valence-corrected chi connectivity index (χ0v) is 14.8. The number of benzene rings is 2. The van der Waals surface area contributed by atoms with E-state index in [2.05, 4.69) is 20.8 Å². The summed E-state index contributed by atoms with van der Waals surface area (Å²) >= 11 is 0. The molecule has 2 amide bonds. The summed E-state index contributed by atoms with van der Waals surface area (Å²) in [6.07, 6.45) is 1.44. The molecule has 0 saturated carbocycles. The van der Waals surface area contributed by atoms with Crippen molar-refractivity contribution in [3.63, 3.8) is 0 Å². The minimum atomic E-state index is -3.91. The molecule has 0 unspecified atom stereocenters. The van der Waals surface area contributed by atoms with E-state index in [1.54, 1.807) is 24.3 Å². The SMILES string of the molecule is CC(=O)NS(=O)(=O)c1ccc(NC(=O)c2ccc(-n3cnnn3)cc2)cc1. The van der Waals surface area contributed by atoms with Crippen molar-refractivity contribution in [2.75, 3.05) is 5.32 Å². The molecule has 3 rings (SSSR count). The fraction of sp³-hybridized carbons (Fsp3) is 0.0625. The Labute approximate surface area is 154 Å². The average molecular weight is 386 g/mol. The Kier molecular flexibility index (Phi) is 4.94. The number of carbonyl (C=O) groups excluding carboxylic acids is 2. The van der Waals surface area contributed by atoms with Crippen molar-refractivity contribution in [3.8, 4) is 5.69 Å². The Hall–Kier alpha value is -3.60. The number of nitrogens with one attached hydrogen (secondary N) is 2. The van der Waals surface area contributed by atoms with Crippen LogP contribution in [0.4, 0.5) is 5.69 Å². The molecule has 0 aliphatic carbocycles. The van der Waals surface area contributed by atoms with Crippen molar-refractivity contribution in [2.24, 2.45) is 0 Å². The van der Waals surface area contributed by atoms with Crippen molar-refractivity contribution in [3.05, 3.63) is 60.4 Å². The quantitative estimate of drug-likeness (QED) is 0.660. The normalized spacial score (nSPS) is 11.0. The number of sulfonamides is 1. The van der Waals surface area contributed by atoms with Crippen molar-refractivity contribution < 1.29 is 18.0 Å². The summed E-state index contributed by atoms with van der Waals surface area (Å²) in [6, 6.07) is 12.1. The van der Waals surface area contributed by atoms with E-state index in [1.807, 2.05) is 4.72 Å². The molecule has 0 saturated heterocycles. The Bertz CT molecular complexity index is 1060. The van der Waals surface area contributed by atoms with Crippen molar-refractivity contribution in [1.82, 2.24) is 24.9 Å². The van der Waals surface area contributed by atoms with Crippen molar-refractivity contribution in [1.29, 1.82) is 0 Å². The molecule has 2 N–H and O–H groups in total. The third-order valence-electron chi connectivity index (χ3n) is 3.44. The predicted octanol–water partition coefficient (Wildman–Crippen LogP) is 0.739. The molecule has 138 valence electrons. The maximum atomic E-state index is 12.3. The number of hydrogen-bond donors (Lipinski definition) is 2. The number of carbonyl (C=O) groups is 2. The molecule has 0 aliphatic rings. The van der Waals surface area contributed by atoms with Crippen LogP contribution in [0.5, 0.6) is 0 Å². The van der Waals surface area contributed by atoms with Gasteiger partial charge in [-0.2, -0.15) is 0 Å². The maximum Gasteiger partial charge on any atom is 0.264 e. The lowest BCUT2D eigenvalue weighted by Gasteiger charge is -2.08. The van der Waals surface area contributed by atoms with Crippen LogP contribution in [0.25, 0.3) is 5.69 Å². The van der Waals surface area contributed by atoms with Gasteiger partial charge in [-0.05, 0) is 59.0 Å². The van der Waals surface area contributed by atoms with E-state index >= 15 is 0 Å². The highest BCUT2D eigenvalue weighted by atomic mass is 32.2. The maximum absolute atomic E-state index is 12.3. The van der Waals surface area contributed by atoms with Gasteiger partial charge in [-0.1, -0.05) is 0 Å². The lowest BCUT2D eigenvalue weighted by molar-refractivity contribution is -0.117. The summed E-state index contributed by atoms with van der Waals surface area (Å²) in [5, 5.41) is 13.5. The highest BCUT2D eigenvalue weighted by molar-refractivity contribution is 7.90. The highest BCUT2D eigenvalue weighted by Crippen LogP contribution is 2.15. The highest BCUT2D eigenvalue weighted by Gasteiger charge is 2.15. The number of rotatable bonds is 5. The Morgan fingerprint density at radius 1 is 1.00 bits per heavy atom. The van der Waals surface area contributed by atoms with Crippen LogP contribution < -0.4 is 10.0 Å². The molecule has 0 spiro atoms. The topological polar surface area (TPSA) is 136 Å².